The Bertz CT molecular complexity index is 398. The molecule has 1 unspecified atom stereocenters. The summed E-state index contributed by atoms with van der Waals surface area (Å²) >= 11 is 6.71. The second kappa shape index (κ2) is 5.75. The van der Waals surface area contributed by atoms with E-state index in [1.807, 2.05) is 6.07 Å². The van der Waals surface area contributed by atoms with Gasteiger partial charge in [-0.05, 0) is 51.9 Å². The van der Waals surface area contributed by atoms with Crippen molar-refractivity contribution >= 4 is 37.8 Å². The molecule has 1 rings (SSSR count). The fourth-order valence-corrected chi connectivity index (χ4v) is 2.23. The van der Waals surface area contributed by atoms with Crippen LogP contribution in [0.5, 0.6) is 0 Å². The van der Waals surface area contributed by atoms with Crippen LogP contribution in [-0.4, -0.2) is 34.0 Å². The van der Waals surface area contributed by atoms with Crippen LogP contribution in [0.2, 0.25) is 0 Å². The van der Waals surface area contributed by atoms with Gasteiger partial charge in [0.15, 0.2) is 0 Å². The van der Waals surface area contributed by atoms with Gasteiger partial charge in [-0.1, -0.05) is 0 Å². The maximum absolute atomic E-state index is 10.8. The van der Waals surface area contributed by atoms with Crippen molar-refractivity contribution in [2.75, 3.05) is 7.05 Å². The van der Waals surface area contributed by atoms with Crippen LogP contribution in [0, 0.1) is 0 Å². The first-order valence-electron chi connectivity index (χ1n) is 4.64. The van der Waals surface area contributed by atoms with Gasteiger partial charge in [0.05, 0.1) is 5.69 Å². The lowest BCUT2D eigenvalue weighted by Gasteiger charge is -2.21. The molecule has 0 saturated carbocycles. The van der Waals surface area contributed by atoms with E-state index >= 15 is 0 Å². The van der Waals surface area contributed by atoms with Crippen LogP contribution >= 0.6 is 31.9 Å². The standard InChI is InChI=1S/C10H12Br2N2O2/c1-6(10(15)16)14(2)5-9-8(12)3-7(11)4-13-9/h3-4,6H,5H2,1-2H3,(H,15,16). The van der Waals surface area contributed by atoms with Crippen molar-refractivity contribution < 1.29 is 9.90 Å². The molecule has 0 fully saturated rings. The average Bonchev–Trinajstić information content (AvgIpc) is 2.20. The number of aromatic nitrogens is 1. The summed E-state index contributed by atoms with van der Waals surface area (Å²) < 4.78 is 1.75. The van der Waals surface area contributed by atoms with Crippen molar-refractivity contribution in [3.63, 3.8) is 0 Å². The zero-order valence-electron chi connectivity index (χ0n) is 8.94. The van der Waals surface area contributed by atoms with Crippen molar-refractivity contribution in [3.05, 3.63) is 26.9 Å². The number of rotatable bonds is 4. The predicted molar refractivity (Wildman–Crippen MR) is 68.2 cm³/mol. The summed E-state index contributed by atoms with van der Waals surface area (Å²) in [5, 5.41) is 8.86. The summed E-state index contributed by atoms with van der Waals surface area (Å²) in [6, 6.07) is 1.36. The summed E-state index contributed by atoms with van der Waals surface area (Å²) in [7, 11) is 1.76. The van der Waals surface area contributed by atoms with E-state index in [1.54, 1.807) is 25.1 Å². The second-order valence-corrected chi connectivity index (χ2v) is 5.28. The quantitative estimate of drug-likeness (QED) is 0.905. The first-order valence-corrected chi connectivity index (χ1v) is 6.23. The summed E-state index contributed by atoms with van der Waals surface area (Å²) in [5.74, 6) is -0.837. The monoisotopic (exact) mass is 350 g/mol. The maximum atomic E-state index is 10.8. The molecule has 0 saturated heterocycles. The maximum Gasteiger partial charge on any atom is 0.320 e. The Morgan fingerprint density at radius 3 is 2.75 bits per heavy atom. The molecule has 0 amide bonds. The third-order valence-corrected chi connectivity index (χ3v) is 3.42. The van der Waals surface area contributed by atoms with E-state index in [9.17, 15) is 4.79 Å². The number of hydrogen-bond acceptors (Lipinski definition) is 3. The normalized spacial score (nSPS) is 12.8. The Morgan fingerprint density at radius 1 is 1.62 bits per heavy atom. The molecule has 1 N–H and O–H groups in total. The van der Waals surface area contributed by atoms with Gasteiger partial charge in [0.1, 0.15) is 6.04 Å². The van der Waals surface area contributed by atoms with E-state index in [4.69, 9.17) is 5.11 Å². The smallest absolute Gasteiger partial charge is 0.320 e. The largest absolute Gasteiger partial charge is 0.480 e. The van der Waals surface area contributed by atoms with Gasteiger partial charge in [-0.3, -0.25) is 14.7 Å². The summed E-state index contributed by atoms with van der Waals surface area (Å²) in [4.78, 5) is 16.7. The number of carboxylic acids is 1. The van der Waals surface area contributed by atoms with Gasteiger partial charge in [-0.15, -0.1) is 0 Å². The lowest BCUT2D eigenvalue weighted by Crippen LogP contribution is -2.35. The molecule has 1 atom stereocenters. The van der Waals surface area contributed by atoms with Crippen molar-refractivity contribution in [2.45, 2.75) is 19.5 Å². The Labute approximate surface area is 111 Å². The molecular formula is C10H12Br2N2O2. The molecule has 1 aromatic heterocycles. The van der Waals surface area contributed by atoms with Crippen molar-refractivity contribution in [1.29, 1.82) is 0 Å². The molecular weight excluding hydrogens is 340 g/mol. The summed E-state index contributed by atoms with van der Waals surface area (Å²) in [6.07, 6.45) is 1.69. The van der Waals surface area contributed by atoms with Gasteiger partial charge in [-0.25, -0.2) is 0 Å². The molecule has 6 heteroatoms. The number of halogens is 2. The summed E-state index contributed by atoms with van der Waals surface area (Å²) in [5.41, 5.74) is 0.818. The van der Waals surface area contributed by atoms with Crippen LogP contribution in [0.25, 0.3) is 0 Å². The van der Waals surface area contributed by atoms with E-state index in [-0.39, 0.29) is 0 Å². The van der Waals surface area contributed by atoms with Gasteiger partial charge in [0.25, 0.3) is 0 Å². The SMILES string of the molecule is CC(C(=O)O)N(C)Cc1ncc(Br)cc1Br. The minimum Gasteiger partial charge on any atom is -0.480 e. The van der Waals surface area contributed by atoms with E-state index < -0.39 is 12.0 Å². The van der Waals surface area contributed by atoms with Crippen LogP contribution in [0.1, 0.15) is 12.6 Å². The van der Waals surface area contributed by atoms with Crippen LogP contribution in [0.3, 0.4) is 0 Å². The van der Waals surface area contributed by atoms with Crippen LogP contribution in [-0.2, 0) is 11.3 Å². The molecule has 0 aliphatic heterocycles. The van der Waals surface area contributed by atoms with Gasteiger partial charge in [-0.2, -0.15) is 0 Å². The number of hydrogen-bond donors (Lipinski definition) is 1. The number of nitrogens with zero attached hydrogens (tertiary/aromatic N) is 2. The van der Waals surface area contributed by atoms with E-state index in [2.05, 4.69) is 36.8 Å². The molecule has 0 aromatic carbocycles. The van der Waals surface area contributed by atoms with E-state index in [0.29, 0.717) is 6.54 Å². The number of carbonyl (C=O) groups is 1. The highest BCUT2D eigenvalue weighted by Gasteiger charge is 2.18. The highest BCUT2D eigenvalue weighted by Crippen LogP contribution is 2.20. The fourth-order valence-electron chi connectivity index (χ4n) is 1.12. The Balaban J connectivity index is 2.77. The van der Waals surface area contributed by atoms with Gasteiger partial charge < -0.3 is 5.11 Å². The molecule has 0 aliphatic rings. The van der Waals surface area contributed by atoms with Crippen molar-refractivity contribution in [2.24, 2.45) is 0 Å². The molecule has 16 heavy (non-hydrogen) atoms. The van der Waals surface area contributed by atoms with Gasteiger partial charge >= 0.3 is 5.97 Å². The third kappa shape index (κ3) is 3.54. The first-order chi connectivity index (χ1) is 7.41. The van der Waals surface area contributed by atoms with Gasteiger partial charge in [0, 0.05) is 21.7 Å². The topological polar surface area (TPSA) is 53.4 Å². The number of carboxylic acid groups (broad SMARTS) is 1. The minimum atomic E-state index is -0.837. The van der Waals surface area contributed by atoms with Crippen LogP contribution < -0.4 is 0 Å². The predicted octanol–water partition coefficient (Wildman–Crippen LogP) is 2.51. The third-order valence-electron chi connectivity index (χ3n) is 2.30. The van der Waals surface area contributed by atoms with Gasteiger partial charge in [0.2, 0.25) is 0 Å². The molecule has 4 nitrogen and oxygen atoms in total. The molecule has 0 radical (unpaired) electrons. The Morgan fingerprint density at radius 2 is 2.25 bits per heavy atom. The van der Waals surface area contributed by atoms with Crippen molar-refractivity contribution in [3.8, 4) is 0 Å². The highest BCUT2D eigenvalue weighted by atomic mass is 79.9. The minimum absolute atomic E-state index is 0.487. The number of pyridine rings is 1. The fraction of sp³-hybridized carbons (Fsp3) is 0.400. The second-order valence-electron chi connectivity index (χ2n) is 3.51. The molecule has 1 aromatic rings. The van der Waals surface area contributed by atoms with E-state index in [0.717, 1.165) is 14.6 Å². The lowest BCUT2D eigenvalue weighted by atomic mass is 10.2. The summed E-state index contributed by atoms with van der Waals surface area (Å²) in [6.45, 7) is 2.14. The zero-order valence-corrected chi connectivity index (χ0v) is 12.1. The Hall–Kier alpha value is -0.460. The molecule has 0 spiro atoms. The number of likely N-dealkylation sites (N-methyl/N-ethyl adjacent to an activating group) is 1. The van der Waals surface area contributed by atoms with E-state index in [1.165, 1.54) is 0 Å². The number of aliphatic carboxylic acids is 1. The van der Waals surface area contributed by atoms with Crippen molar-refractivity contribution in [1.82, 2.24) is 9.88 Å². The average molecular weight is 352 g/mol. The molecule has 0 aliphatic carbocycles. The van der Waals surface area contributed by atoms with Crippen LogP contribution in [0.15, 0.2) is 21.2 Å². The Kier molecular flexibility index (Phi) is 4.89. The molecule has 1 heterocycles. The lowest BCUT2D eigenvalue weighted by molar-refractivity contribution is -0.142. The zero-order chi connectivity index (χ0) is 12.3. The molecule has 88 valence electrons. The van der Waals surface area contributed by atoms with Crippen LogP contribution in [0.4, 0.5) is 0 Å². The molecule has 0 bridgehead atoms. The highest BCUT2D eigenvalue weighted by molar-refractivity contribution is 9.11. The first kappa shape index (κ1) is 13.6.